The van der Waals surface area contributed by atoms with Crippen molar-refractivity contribution in [1.82, 2.24) is 14.2 Å². The van der Waals surface area contributed by atoms with Crippen LogP contribution in [0.2, 0.25) is 5.02 Å². The van der Waals surface area contributed by atoms with Crippen molar-refractivity contribution in [3.8, 4) is 0 Å². The van der Waals surface area contributed by atoms with E-state index in [9.17, 15) is 13.2 Å². The number of piperazine rings is 1. The third kappa shape index (κ3) is 4.54. The molecule has 1 unspecified atom stereocenters. The molecule has 180 valence electrons. The number of hydrogen-bond acceptors (Lipinski definition) is 6. The van der Waals surface area contributed by atoms with Crippen LogP contribution in [0.5, 0.6) is 0 Å². The fourth-order valence-corrected chi connectivity index (χ4v) is 7.52. The zero-order valence-electron chi connectivity index (χ0n) is 19.0. The maximum atomic E-state index is 13.1. The maximum Gasteiger partial charge on any atom is 0.253 e. The number of benzene rings is 2. The number of thiazole rings is 1. The highest BCUT2D eigenvalue weighted by Crippen LogP contribution is 2.33. The van der Waals surface area contributed by atoms with Gasteiger partial charge in [0.1, 0.15) is 5.52 Å². The molecule has 0 radical (unpaired) electrons. The summed E-state index contributed by atoms with van der Waals surface area (Å²) in [4.78, 5) is 22.0. The van der Waals surface area contributed by atoms with Gasteiger partial charge in [-0.05, 0) is 55.2 Å². The molecule has 5 rings (SSSR count). The molecule has 2 aliphatic heterocycles. The third-order valence-electron chi connectivity index (χ3n) is 6.55. The van der Waals surface area contributed by atoms with Crippen molar-refractivity contribution >= 4 is 54.2 Å². The molecule has 0 spiro atoms. The maximum absolute atomic E-state index is 13.1. The highest BCUT2D eigenvalue weighted by molar-refractivity contribution is 7.89. The van der Waals surface area contributed by atoms with Crippen LogP contribution in [-0.2, 0) is 10.0 Å². The number of sulfonamides is 1. The number of carbonyl (C=O) groups excluding carboxylic acids is 1. The van der Waals surface area contributed by atoms with Gasteiger partial charge < -0.3 is 9.80 Å². The Bertz CT molecular complexity index is 1300. The first-order chi connectivity index (χ1) is 16.3. The summed E-state index contributed by atoms with van der Waals surface area (Å²) in [6, 6.07) is 12.2. The minimum Gasteiger partial charge on any atom is -0.345 e. The second-order valence-electron chi connectivity index (χ2n) is 9.00. The molecule has 0 saturated carbocycles. The van der Waals surface area contributed by atoms with Gasteiger partial charge in [-0.1, -0.05) is 35.9 Å². The standard InChI is InChI=1S/C24H27ClN4O3S2/c1-17-4-3-11-29(16-17)34(31,32)19-9-7-18(8-10-19)23(30)27-12-14-28(15-13-27)24-26-22-20(25)5-2-6-21(22)33-24/h2,5-10,17H,3-4,11-16H2,1H3. The molecule has 7 nitrogen and oxygen atoms in total. The van der Waals surface area contributed by atoms with Crippen LogP contribution in [0.15, 0.2) is 47.4 Å². The van der Waals surface area contributed by atoms with Gasteiger partial charge in [0.15, 0.2) is 5.13 Å². The van der Waals surface area contributed by atoms with Crippen LogP contribution in [-0.4, -0.2) is 67.8 Å². The lowest BCUT2D eigenvalue weighted by molar-refractivity contribution is 0.0746. The average molecular weight is 519 g/mol. The van der Waals surface area contributed by atoms with Gasteiger partial charge in [-0.15, -0.1) is 0 Å². The van der Waals surface area contributed by atoms with Crippen LogP contribution in [0, 0.1) is 5.92 Å². The van der Waals surface area contributed by atoms with Crippen LogP contribution in [0.3, 0.4) is 0 Å². The number of carbonyl (C=O) groups is 1. The molecule has 1 atom stereocenters. The first-order valence-electron chi connectivity index (χ1n) is 11.5. The van der Waals surface area contributed by atoms with Crippen molar-refractivity contribution in [3.63, 3.8) is 0 Å². The molecule has 0 bridgehead atoms. The highest BCUT2D eigenvalue weighted by atomic mass is 35.5. The van der Waals surface area contributed by atoms with Crippen LogP contribution in [0.25, 0.3) is 10.2 Å². The largest absolute Gasteiger partial charge is 0.345 e. The van der Waals surface area contributed by atoms with Crippen molar-refractivity contribution < 1.29 is 13.2 Å². The van der Waals surface area contributed by atoms with E-state index in [0.29, 0.717) is 55.8 Å². The van der Waals surface area contributed by atoms with Gasteiger partial charge in [-0.3, -0.25) is 4.79 Å². The summed E-state index contributed by atoms with van der Waals surface area (Å²) >= 11 is 7.87. The lowest BCUT2D eigenvalue weighted by Gasteiger charge is -2.34. The quantitative estimate of drug-likeness (QED) is 0.514. The van der Waals surface area contributed by atoms with E-state index >= 15 is 0 Å². The fraction of sp³-hybridized carbons (Fsp3) is 0.417. The van der Waals surface area contributed by atoms with E-state index in [1.165, 1.54) is 0 Å². The SMILES string of the molecule is CC1CCCN(S(=O)(=O)c2ccc(C(=O)N3CCN(c4nc5c(Cl)cccc5s4)CC3)cc2)C1. The smallest absolute Gasteiger partial charge is 0.253 e. The monoisotopic (exact) mass is 518 g/mol. The minimum absolute atomic E-state index is 0.0810. The van der Waals surface area contributed by atoms with E-state index in [4.69, 9.17) is 11.6 Å². The van der Waals surface area contributed by atoms with Gasteiger partial charge >= 0.3 is 0 Å². The van der Waals surface area contributed by atoms with E-state index < -0.39 is 10.0 Å². The molecule has 0 aliphatic carbocycles. The molecular formula is C24H27ClN4O3S2. The van der Waals surface area contributed by atoms with Crippen LogP contribution < -0.4 is 4.90 Å². The molecule has 2 saturated heterocycles. The fourth-order valence-electron chi connectivity index (χ4n) is 4.61. The summed E-state index contributed by atoms with van der Waals surface area (Å²) in [5, 5.41) is 1.56. The second kappa shape index (κ2) is 9.45. The Kier molecular flexibility index (Phi) is 6.54. The number of nitrogens with zero attached hydrogens (tertiary/aromatic N) is 4. The average Bonchev–Trinajstić information content (AvgIpc) is 3.30. The highest BCUT2D eigenvalue weighted by Gasteiger charge is 2.29. The Labute approximate surface area is 209 Å². The van der Waals surface area contributed by atoms with Gasteiger partial charge in [-0.25, -0.2) is 13.4 Å². The topological polar surface area (TPSA) is 73.8 Å². The van der Waals surface area contributed by atoms with Crippen molar-refractivity contribution in [2.75, 3.05) is 44.2 Å². The molecule has 3 aromatic rings. The number of rotatable bonds is 4. The predicted octanol–water partition coefficient (Wildman–Crippen LogP) is 4.33. The van der Waals surface area contributed by atoms with Gasteiger partial charge in [0.25, 0.3) is 5.91 Å². The number of halogens is 1. The zero-order valence-corrected chi connectivity index (χ0v) is 21.4. The van der Waals surface area contributed by atoms with E-state index in [0.717, 1.165) is 28.2 Å². The number of aromatic nitrogens is 1. The Morgan fingerprint density at radius 3 is 2.47 bits per heavy atom. The summed E-state index contributed by atoms with van der Waals surface area (Å²) in [5.41, 5.74) is 1.32. The van der Waals surface area contributed by atoms with Gasteiger partial charge in [0, 0.05) is 44.8 Å². The van der Waals surface area contributed by atoms with Crippen molar-refractivity contribution in [1.29, 1.82) is 0 Å². The van der Waals surface area contributed by atoms with E-state index in [1.54, 1.807) is 39.9 Å². The number of piperidine rings is 1. The molecule has 2 fully saturated rings. The number of fused-ring (bicyclic) bond motifs is 1. The summed E-state index contributed by atoms with van der Waals surface area (Å²) < 4.78 is 28.6. The lowest BCUT2D eigenvalue weighted by atomic mass is 10.0. The third-order valence-corrected chi connectivity index (χ3v) is 9.82. The Morgan fingerprint density at radius 2 is 1.79 bits per heavy atom. The molecule has 2 aromatic carbocycles. The summed E-state index contributed by atoms with van der Waals surface area (Å²) in [6.07, 6.45) is 1.94. The number of anilines is 1. The second-order valence-corrected chi connectivity index (χ2v) is 12.4. The van der Waals surface area contributed by atoms with Gasteiger partial charge in [0.2, 0.25) is 10.0 Å². The molecule has 10 heteroatoms. The molecule has 1 aromatic heterocycles. The number of hydrogen-bond donors (Lipinski definition) is 0. The zero-order chi connectivity index (χ0) is 23.9. The summed E-state index contributed by atoms with van der Waals surface area (Å²) in [5.74, 6) is 0.283. The number of amides is 1. The van der Waals surface area contributed by atoms with Crippen LogP contribution in [0.4, 0.5) is 5.13 Å². The predicted molar refractivity (Wildman–Crippen MR) is 136 cm³/mol. The molecule has 2 aliphatic rings. The molecule has 1 amide bonds. The Balaban J connectivity index is 1.23. The minimum atomic E-state index is -3.53. The van der Waals surface area contributed by atoms with E-state index in [1.807, 2.05) is 23.1 Å². The van der Waals surface area contributed by atoms with Crippen LogP contribution >= 0.6 is 22.9 Å². The molecular weight excluding hydrogens is 492 g/mol. The first-order valence-corrected chi connectivity index (χ1v) is 14.2. The van der Waals surface area contributed by atoms with Crippen molar-refractivity contribution in [2.45, 2.75) is 24.7 Å². The van der Waals surface area contributed by atoms with Crippen molar-refractivity contribution in [2.24, 2.45) is 5.92 Å². The van der Waals surface area contributed by atoms with E-state index in [2.05, 4.69) is 16.8 Å². The summed E-state index contributed by atoms with van der Waals surface area (Å²) in [7, 11) is -3.53. The van der Waals surface area contributed by atoms with Gasteiger partial charge in [0.05, 0.1) is 14.6 Å². The van der Waals surface area contributed by atoms with Gasteiger partial charge in [-0.2, -0.15) is 4.31 Å². The molecule has 34 heavy (non-hydrogen) atoms. The normalized spacial score (nSPS) is 20.1. The summed E-state index contributed by atoms with van der Waals surface area (Å²) in [6.45, 7) is 5.70. The van der Waals surface area contributed by atoms with Crippen LogP contribution in [0.1, 0.15) is 30.1 Å². The van der Waals surface area contributed by atoms with E-state index in [-0.39, 0.29) is 10.8 Å². The molecule has 3 heterocycles. The Hall–Kier alpha value is -2.20. The number of para-hydroxylation sites is 1. The molecule has 0 N–H and O–H groups in total. The first kappa shape index (κ1) is 23.5. The van der Waals surface area contributed by atoms with Crippen molar-refractivity contribution in [3.05, 3.63) is 53.1 Å². The Morgan fingerprint density at radius 1 is 1.06 bits per heavy atom. The lowest BCUT2D eigenvalue weighted by Crippen LogP contribution is -2.48.